The molecule has 1 aromatic heterocycles. The smallest absolute Gasteiger partial charge is 0.228 e. The summed E-state index contributed by atoms with van der Waals surface area (Å²) in [7, 11) is 0. The Balaban J connectivity index is 1.86. The van der Waals surface area contributed by atoms with Crippen molar-refractivity contribution in [2.45, 2.75) is 18.9 Å². The van der Waals surface area contributed by atoms with Gasteiger partial charge in [0.25, 0.3) is 0 Å². The number of aromatic nitrogens is 3. The van der Waals surface area contributed by atoms with Gasteiger partial charge in [0.05, 0.1) is 12.4 Å². The van der Waals surface area contributed by atoms with Crippen LogP contribution in [0.4, 0.5) is 16.3 Å². The lowest BCUT2D eigenvalue weighted by Gasteiger charge is -2.14. The van der Waals surface area contributed by atoms with Crippen molar-refractivity contribution in [1.29, 1.82) is 0 Å². The van der Waals surface area contributed by atoms with Gasteiger partial charge in [0.2, 0.25) is 11.9 Å². The quantitative estimate of drug-likeness (QED) is 0.896. The molecule has 1 unspecified atom stereocenters. The maximum atomic E-state index is 12.2. The summed E-state index contributed by atoms with van der Waals surface area (Å²) >= 11 is 0. The summed E-state index contributed by atoms with van der Waals surface area (Å²) in [5, 5.41) is 3.24. The molecule has 1 aromatic carbocycles. The molecular formula is C14H14FN5. The van der Waals surface area contributed by atoms with Crippen LogP contribution < -0.4 is 11.1 Å². The molecule has 0 saturated heterocycles. The number of halogens is 1. The van der Waals surface area contributed by atoms with Crippen LogP contribution in [-0.4, -0.2) is 15.0 Å². The molecule has 0 amide bonds. The molecule has 3 N–H and O–H groups in total. The summed E-state index contributed by atoms with van der Waals surface area (Å²) in [6.07, 6.45) is 3.51. The number of hydrogen-bond donors (Lipinski definition) is 2. The zero-order valence-corrected chi connectivity index (χ0v) is 10.8. The molecule has 1 heterocycles. The number of anilines is 2. The number of benzene rings is 1. The van der Waals surface area contributed by atoms with Gasteiger partial charge in [-0.2, -0.15) is 15.0 Å². The van der Waals surface area contributed by atoms with Crippen molar-refractivity contribution < 1.29 is 4.39 Å². The van der Waals surface area contributed by atoms with Gasteiger partial charge >= 0.3 is 0 Å². The first-order chi connectivity index (χ1) is 9.76. The molecule has 0 aliphatic heterocycles. The van der Waals surface area contributed by atoms with Crippen molar-refractivity contribution in [1.82, 2.24) is 15.0 Å². The van der Waals surface area contributed by atoms with E-state index in [0.717, 1.165) is 18.9 Å². The monoisotopic (exact) mass is 271 g/mol. The second-order valence-corrected chi connectivity index (χ2v) is 4.60. The Labute approximate surface area is 115 Å². The van der Waals surface area contributed by atoms with Gasteiger partial charge in [-0.3, -0.25) is 0 Å². The van der Waals surface area contributed by atoms with Crippen molar-refractivity contribution in [3.63, 3.8) is 0 Å². The molecule has 0 bridgehead atoms. The summed E-state index contributed by atoms with van der Waals surface area (Å²) in [5.74, 6) is 0.642. The molecule has 1 aliphatic rings. The molecular weight excluding hydrogens is 257 g/mol. The Morgan fingerprint density at radius 1 is 1.25 bits per heavy atom. The van der Waals surface area contributed by atoms with E-state index < -0.39 is 0 Å². The van der Waals surface area contributed by atoms with Gasteiger partial charge in [-0.25, -0.2) is 4.39 Å². The molecule has 0 fully saturated rings. The average molecular weight is 271 g/mol. The van der Waals surface area contributed by atoms with Gasteiger partial charge in [0.15, 0.2) is 5.82 Å². The molecule has 3 rings (SSSR count). The standard InChI is InChI=1S/C14H14FN5/c15-8-7-12-18-13(16)20-14(19-12)17-11-6-5-9-3-1-2-4-10(9)11/h1-4,7-8,11H,5-6H2,(H3,16,17,18,19,20)/b8-7+. The minimum atomic E-state index is 0.0712. The molecule has 6 heteroatoms. The van der Waals surface area contributed by atoms with Crippen molar-refractivity contribution in [2.24, 2.45) is 0 Å². The third-order valence-corrected chi connectivity index (χ3v) is 3.32. The topological polar surface area (TPSA) is 76.7 Å². The highest BCUT2D eigenvalue weighted by atomic mass is 19.1. The Bertz CT molecular complexity index is 656. The SMILES string of the molecule is Nc1nc(/C=C/F)nc(NC2CCc3ccccc32)n1. The normalized spacial score (nSPS) is 17.4. The molecule has 5 nitrogen and oxygen atoms in total. The van der Waals surface area contributed by atoms with Gasteiger partial charge in [-0.1, -0.05) is 24.3 Å². The number of nitrogen functional groups attached to an aromatic ring is 1. The van der Waals surface area contributed by atoms with E-state index in [2.05, 4.69) is 32.4 Å². The maximum absolute atomic E-state index is 12.2. The van der Waals surface area contributed by atoms with E-state index in [1.165, 1.54) is 11.1 Å². The number of rotatable bonds is 3. The fraction of sp³-hybridized carbons (Fsp3) is 0.214. The third-order valence-electron chi connectivity index (χ3n) is 3.32. The molecule has 20 heavy (non-hydrogen) atoms. The van der Waals surface area contributed by atoms with Crippen molar-refractivity contribution in [2.75, 3.05) is 11.1 Å². The summed E-state index contributed by atoms with van der Waals surface area (Å²) in [6.45, 7) is 0. The molecule has 0 saturated carbocycles. The second-order valence-electron chi connectivity index (χ2n) is 4.60. The van der Waals surface area contributed by atoms with Crippen LogP contribution in [0.5, 0.6) is 0 Å². The van der Waals surface area contributed by atoms with Gasteiger partial charge in [-0.15, -0.1) is 0 Å². The van der Waals surface area contributed by atoms with E-state index in [0.29, 0.717) is 12.3 Å². The molecule has 0 radical (unpaired) electrons. The summed E-state index contributed by atoms with van der Waals surface area (Å²) in [6, 6.07) is 8.41. The molecule has 102 valence electrons. The van der Waals surface area contributed by atoms with Crippen LogP contribution in [0.25, 0.3) is 6.08 Å². The van der Waals surface area contributed by atoms with E-state index >= 15 is 0 Å². The fourth-order valence-corrected chi connectivity index (χ4v) is 2.47. The van der Waals surface area contributed by atoms with Crippen LogP contribution in [0.1, 0.15) is 29.4 Å². The first-order valence-corrected chi connectivity index (χ1v) is 6.39. The summed E-state index contributed by atoms with van der Waals surface area (Å²) in [4.78, 5) is 12.0. The highest BCUT2D eigenvalue weighted by Gasteiger charge is 2.22. The average Bonchev–Trinajstić information content (AvgIpc) is 2.82. The number of aryl methyl sites for hydroxylation is 1. The Morgan fingerprint density at radius 2 is 2.10 bits per heavy atom. The van der Waals surface area contributed by atoms with Crippen LogP contribution in [-0.2, 0) is 6.42 Å². The molecule has 1 atom stereocenters. The Hall–Kier alpha value is -2.50. The van der Waals surface area contributed by atoms with Crippen molar-refractivity contribution in [3.8, 4) is 0 Å². The first-order valence-electron chi connectivity index (χ1n) is 6.39. The Kier molecular flexibility index (Phi) is 3.28. The fourth-order valence-electron chi connectivity index (χ4n) is 2.47. The second kappa shape index (κ2) is 5.24. The van der Waals surface area contributed by atoms with E-state index in [9.17, 15) is 4.39 Å². The minimum Gasteiger partial charge on any atom is -0.368 e. The third kappa shape index (κ3) is 2.45. The largest absolute Gasteiger partial charge is 0.368 e. The predicted molar refractivity (Wildman–Crippen MR) is 75.5 cm³/mol. The lowest BCUT2D eigenvalue weighted by atomic mass is 10.1. The van der Waals surface area contributed by atoms with Crippen molar-refractivity contribution >= 4 is 18.0 Å². The van der Waals surface area contributed by atoms with Gasteiger partial charge in [0, 0.05) is 6.08 Å². The van der Waals surface area contributed by atoms with Crippen LogP contribution in [0.2, 0.25) is 0 Å². The van der Waals surface area contributed by atoms with Gasteiger partial charge in [0.1, 0.15) is 0 Å². The lowest BCUT2D eigenvalue weighted by Crippen LogP contribution is -2.12. The number of fused-ring (bicyclic) bond motifs is 1. The van der Waals surface area contributed by atoms with Gasteiger partial charge in [-0.05, 0) is 24.0 Å². The van der Waals surface area contributed by atoms with Crippen LogP contribution in [0, 0.1) is 0 Å². The van der Waals surface area contributed by atoms with Gasteiger partial charge < -0.3 is 11.1 Å². The minimum absolute atomic E-state index is 0.0712. The van der Waals surface area contributed by atoms with Crippen LogP contribution >= 0.6 is 0 Å². The van der Waals surface area contributed by atoms with E-state index in [1.54, 1.807) is 0 Å². The van der Waals surface area contributed by atoms with E-state index in [1.807, 2.05) is 12.1 Å². The summed E-state index contributed by atoms with van der Waals surface area (Å²) < 4.78 is 12.2. The first kappa shape index (κ1) is 12.5. The number of nitrogens with one attached hydrogen (secondary N) is 1. The highest BCUT2D eigenvalue weighted by Crippen LogP contribution is 2.32. The van der Waals surface area contributed by atoms with E-state index in [-0.39, 0.29) is 17.8 Å². The van der Waals surface area contributed by atoms with E-state index in [4.69, 9.17) is 5.73 Å². The van der Waals surface area contributed by atoms with Crippen LogP contribution in [0.15, 0.2) is 30.6 Å². The number of nitrogens with two attached hydrogens (primary N) is 1. The maximum Gasteiger partial charge on any atom is 0.228 e. The Morgan fingerprint density at radius 3 is 2.95 bits per heavy atom. The predicted octanol–water partition coefficient (Wildman–Crippen LogP) is 2.49. The number of nitrogens with zero attached hydrogens (tertiary/aromatic N) is 3. The molecule has 0 spiro atoms. The molecule has 2 aromatic rings. The zero-order valence-electron chi connectivity index (χ0n) is 10.8. The summed E-state index contributed by atoms with van der Waals surface area (Å²) in [5.41, 5.74) is 8.17. The highest BCUT2D eigenvalue weighted by molar-refractivity contribution is 5.46. The number of hydrogen-bond acceptors (Lipinski definition) is 5. The molecule has 1 aliphatic carbocycles. The lowest BCUT2D eigenvalue weighted by molar-refractivity contribution is 0.726. The van der Waals surface area contributed by atoms with Crippen LogP contribution in [0.3, 0.4) is 0 Å². The van der Waals surface area contributed by atoms with Crippen molar-refractivity contribution in [3.05, 3.63) is 47.5 Å². The zero-order chi connectivity index (χ0) is 13.9.